The van der Waals surface area contributed by atoms with Crippen LogP contribution in [0.3, 0.4) is 0 Å². The van der Waals surface area contributed by atoms with E-state index < -0.39 is 17.9 Å². The molecule has 1 aromatic rings. The second-order valence-electron chi connectivity index (χ2n) is 5.50. The molecule has 26 heavy (non-hydrogen) atoms. The summed E-state index contributed by atoms with van der Waals surface area (Å²) in [5, 5.41) is 0. The number of benzene rings is 1. The van der Waals surface area contributed by atoms with E-state index in [-0.39, 0.29) is 36.0 Å². The lowest BCUT2D eigenvalue weighted by atomic mass is 9.82. The van der Waals surface area contributed by atoms with E-state index in [9.17, 15) is 9.59 Å². The van der Waals surface area contributed by atoms with Crippen molar-refractivity contribution in [3.8, 4) is 5.75 Å². The summed E-state index contributed by atoms with van der Waals surface area (Å²) >= 11 is 0. The lowest BCUT2D eigenvalue weighted by Gasteiger charge is -2.28. The predicted octanol–water partition coefficient (Wildman–Crippen LogP) is 2.38. The highest BCUT2D eigenvalue weighted by molar-refractivity contribution is 5.99. The molecule has 1 aliphatic rings. The molecule has 0 aliphatic carbocycles. The van der Waals surface area contributed by atoms with Gasteiger partial charge in [-0.2, -0.15) is 0 Å². The number of hydrogen-bond donors (Lipinski definition) is 1. The number of ether oxygens (including phenoxy) is 4. The van der Waals surface area contributed by atoms with Gasteiger partial charge in [-0.05, 0) is 38.5 Å². The number of carbonyl (C=O) groups excluding carboxylic acids is 2. The summed E-state index contributed by atoms with van der Waals surface area (Å²) in [6.45, 7) is 5.36. The standard InChI is InChI=1S/C19H23NO6/c1-5-24-18(21)14-11(3)26-17(20)16(19(22)25-6-2)15(14)12-7-9-13(23-4)10-8-12/h7-10,15H,5-6,20H2,1-4H3. The SMILES string of the molecule is CCOC(=O)C1=C(C)OC(N)=C(C(=O)OCC)C1c1ccc(OC)cc1. The van der Waals surface area contributed by atoms with Crippen molar-refractivity contribution in [2.75, 3.05) is 20.3 Å². The van der Waals surface area contributed by atoms with Gasteiger partial charge in [0.25, 0.3) is 0 Å². The minimum Gasteiger partial charge on any atom is -0.497 e. The molecule has 2 N–H and O–H groups in total. The molecule has 1 unspecified atom stereocenters. The molecule has 2 rings (SSSR count). The molecule has 7 heteroatoms. The summed E-state index contributed by atoms with van der Waals surface area (Å²) < 4.78 is 20.9. The van der Waals surface area contributed by atoms with E-state index in [2.05, 4.69) is 0 Å². The number of carbonyl (C=O) groups is 2. The molecule has 0 fully saturated rings. The zero-order valence-electron chi connectivity index (χ0n) is 15.3. The van der Waals surface area contributed by atoms with Crippen LogP contribution < -0.4 is 10.5 Å². The van der Waals surface area contributed by atoms with Crippen LogP contribution >= 0.6 is 0 Å². The third-order valence-corrected chi connectivity index (χ3v) is 3.92. The highest BCUT2D eigenvalue weighted by Gasteiger charge is 2.39. The van der Waals surface area contributed by atoms with Crippen molar-refractivity contribution in [2.24, 2.45) is 5.73 Å². The van der Waals surface area contributed by atoms with Gasteiger partial charge in [0, 0.05) is 0 Å². The Kier molecular flexibility index (Phi) is 6.27. The van der Waals surface area contributed by atoms with Gasteiger partial charge in [0.15, 0.2) is 0 Å². The van der Waals surface area contributed by atoms with Gasteiger partial charge in [0.1, 0.15) is 17.1 Å². The molecule has 0 bridgehead atoms. The molecule has 0 radical (unpaired) electrons. The first kappa shape index (κ1) is 19.4. The fraction of sp³-hybridized carbons (Fsp3) is 0.368. The number of nitrogens with two attached hydrogens (primary N) is 1. The summed E-state index contributed by atoms with van der Waals surface area (Å²) in [7, 11) is 1.56. The first-order valence-electron chi connectivity index (χ1n) is 8.30. The molecule has 140 valence electrons. The molecule has 0 aromatic heterocycles. The van der Waals surface area contributed by atoms with Gasteiger partial charge >= 0.3 is 11.9 Å². The Morgan fingerprint density at radius 1 is 1.04 bits per heavy atom. The van der Waals surface area contributed by atoms with Gasteiger partial charge in [0.2, 0.25) is 5.88 Å². The smallest absolute Gasteiger partial charge is 0.340 e. The van der Waals surface area contributed by atoms with Crippen molar-refractivity contribution in [3.05, 3.63) is 52.6 Å². The summed E-state index contributed by atoms with van der Waals surface area (Å²) in [5.74, 6) is -1.12. The first-order chi connectivity index (χ1) is 12.4. The molecular formula is C19H23NO6. The second kappa shape index (κ2) is 8.42. The van der Waals surface area contributed by atoms with Crippen molar-refractivity contribution in [1.82, 2.24) is 0 Å². The number of esters is 2. The second-order valence-corrected chi connectivity index (χ2v) is 5.50. The molecular weight excluding hydrogens is 338 g/mol. The number of allylic oxidation sites excluding steroid dienone is 1. The molecule has 0 spiro atoms. The van der Waals surface area contributed by atoms with E-state index in [1.165, 1.54) is 0 Å². The maximum absolute atomic E-state index is 12.5. The summed E-state index contributed by atoms with van der Waals surface area (Å²) in [5.41, 5.74) is 6.93. The third-order valence-electron chi connectivity index (χ3n) is 3.92. The Balaban J connectivity index is 2.60. The largest absolute Gasteiger partial charge is 0.497 e. The molecule has 1 aromatic carbocycles. The van der Waals surface area contributed by atoms with Crippen LogP contribution in [0.4, 0.5) is 0 Å². The van der Waals surface area contributed by atoms with Crippen LogP contribution in [0.15, 0.2) is 47.1 Å². The predicted molar refractivity (Wildman–Crippen MR) is 94.0 cm³/mol. The van der Waals surface area contributed by atoms with Crippen molar-refractivity contribution in [3.63, 3.8) is 0 Å². The van der Waals surface area contributed by atoms with Crippen molar-refractivity contribution in [1.29, 1.82) is 0 Å². The molecule has 0 amide bonds. The Bertz CT molecular complexity index is 708. The van der Waals surface area contributed by atoms with E-state index in [4.69, 9.17) is 24.7 Å². The monoisotopic (exact) mass is 361 g/mol. The van der Waals surface area contributed by atoms with Crippen LogP contribution in [-0.2, 0) is 23.8 Å². The zero-order valence-corrected chi connectivity index (χ0v) is 15.3. The molecule has 0 saturated carbocycles. The number of hydrogen-bond acceptors (Lipinski definition) is 7. The van der Waals surface area contributed by atoms with Crippen LogP contribution in [0.1, 0.15) is 32.3 Å². The van der Waals surface area contributed by atoms with E-state index in [1.54, 1.807) is 52.1 Å². The van der Waals surface area contributed by atoms with Gasteiger partial charge in [-0.3, -0.25) is 0 Å². The van der Waals surface area contributed by atoms with E-state index >= 15 is 0 Å². The normalized spacial score (nSPS) is 16.8. The minimum atomic E-state index is -0.757. The Morgan fingerprint density at radius 3 is 2.08 bits per heavy atom. The first-order valence-corrected chi connectivity index (χ1v) is 8.30. The van der Waals surface area contributed by atoms with E-state index in [0.29, 0.717) is 11.3 Å². The van der Waals surface area contributed by atoms with Gasteiger partial charge < -0.3 is 24.7 Å². The number of methoxy groups -OCH3 is 1. The highest BCUT2D eigenvalue weighted by atomic mass is 16.5. The van der Waals surface area contributed by atoms with E-state index in [1.807, 2.05) is 0 Å². The Morgan fingerprint density at radius 2 is 1.58 bits per heavy atom. The van der Waals surface area contributed by atoms with Crippen LogP contribution in [0, 0.1) is 0 Å². The number of rotatable bonds is 6. The fourth-order valence-electron chi connectivity index (χ4n) is 2.79. The third kappa shape index (κ3) is 3.82. The topological polar surface area (TPSA) is 97.1 Å². The molecule has 1 aliphatic heterocycles. The van der Waals surface area contributed by atoms with Crippen LogP contribution in [0.2, 0.25) is 0 Å². The Hall–Kier alpha value is -2.96. The molecule has 1 heterocycles. The summed E-state index contributed by atoms with van der Waals surface area (Å²) in [6, 6.07) is 6.99. The minimum absolute atomic E-state index is 0.0747. The molecule has 7 nitrogen and oxygen atoms in total. The average Bonchev–Trinajstić information content (AvgIpc) is 2.61. The fourth-order valence-corrected chi connectivity index (χ4v) is 2.79. The van der Waals surface area contributed by atoms with Crippen LogP contribution in [-0.4, -0.2) is 32.3 Å². The molecule has 1 atom stereocenters. The highest BCUT2D eigenvalue weighted by Crippen LogP contribution is 2.40. The Labute approximate surface area is 152 Å². The van der Waals surface area contributed by atoms with Gasteiger partial charge in [-0.1, -0.05) is 12.1 Å². The van der Waals surface area contributed by atoms with Gasteiger partial charge in [0.05, 0.1) is 31.8 Å². The lowest BCUT2D eigenvalue weighted by Crippen LogP contribution is -2.30. The lowest BCUT2D eigenvalue weighted by molar-refractivity contribution is -0.140. The van der Waals surface area contributed by atoms with E-state index in [0.717, 1.165) is 0 Å². The zero-order chi connectivity index (χ0) is 19.3. The molecule has 0 saturated heterocycles. The van der Waals surface area contributed by atoms with Crippen LogP contribution in [0.25, 0.3) is 0 Å². The summed E-state index contributed by atoms with van der Waals surface area (Å²) in [6.07, 6.45) is 0. The van der Waals surface area contributed by atoms with Gasteiger partial charge in [-0.25, -0.2) is 9.59 Å². The summed E-state index contributed by atoms with van der Waals surface area (Å²) in [4.78, 5) is 25.1. The van der Waals surface area contributed by atoms with Crippen molar-refractivity contribution >= 4 is 11.9 Å². The van der Waals surface area contributed by atoms with Crippen LogP contribution in [0.5, 0.6) is 5.75 Å². The maximum atomic E-state index is 12.5. The quantitative estimate of drug-likeness (QED) is 0.777. The maximum Gasteiger partial charge on any atom is 0.340 e. The average molecular weight is 361 g/mol. The van der Waals surface area contributed by atoms with Crippen molar-refractivity contribution in [2.45, 2.75) is 26.7 Å². The van der Waals surface area contributed by atoms with Crippen molar-refractivity contribution < 1.29 is 28.5 Å². The van der Waals surface area contributed by atoms with Gasteiger partial charge in [-0.15, -0.1) is 0 Å².